The number of nitrogens with zero attached hydrogens (tertiary/aromatic N) is 2. The van der Waals surface area contributed by atoms with E-state index in [1.165, 1.54) is 43.4 Å². The summed E-state index contributed by atoms with van der Waals surface area (Å²) >= 11 is 0. The maximum absolute atomic E-state index is 13.1. The lowest BCUT2D eigenvalue weighted by Gasteiger charge is -2.23. The van der Waals surface area contributed by atoms with Crippen LogP contribution >= 0.6 is 0 Å². The Bertz CT molecular complexity index is 996. The molecule has 2 saturated carbocycles. The second-order valence-corrected chi connectivity index (χ2v) is 9.77. The maximum atomic E-state index is 13.1. The second-order valence-electron chi connectivity index (χ2n) is 7.80. The lowest BCUT2D eigenvalue weighted by molar-refractivity contribution is 0.0734. The highest BCUT2D eigenvalue weighted by Crippen LogP contribution is 2.36. The largest absolute Gasteiger partial charge is 0.495 e. The molecule has 0 aliphatic heterocycles. The van der Waals surface area contributed by atoms with Gasteiger partial charge >= 0.3 is 0 Å². The van der Waals surface area contributed by atoms with Crippen molar-refractivity contribution in [2.45, 2.75) is 36.6 Å². The van der Waals surface area contributed by atoms with Crippen molar-refractivity contribution >= 4 is 21.6 Å². The predicted molar refractivity (Wildman–Crippen MR) is 112 cm³/mol. The summed E-state index contributed by atoms with van der Waals surface area (Å²) in [5, 5.41) is 0. The van der Waals surface area contributed by atoms with Crippen molar-refractivity contribution in [3.8, 4) is 5.75 Å². The van der Waals surface area contributed by atoms with E-state index in [2.05, 4.69) is 0 Å². The molecule has 0 N–H and O–H groups in total. The van der Waals surface area contributed by atoms with Gasteiger partial charge in [0.15, 0.2) is 0 Å². The highest BCUT2D eigenvalue weighted by Gasteiger charge is 2.37. The van der Waals surface area contributed by atoms with Crippen molar-refractivity contribution in [1.82, 2.24) is 4.90 Å². The fraction of sp³-hybridized carbons (Fsp3) is 0.409. The number of hydrogen-bond acceptors (Lipinski definition) is 4. The molecule has 0 spiro atoms. The SMILES string of the molecule is COc1ccccc1N(C)S(=O)(=O)c1ccc(C(=O)N(CC2CC2)C2CC2)cc1. The number of hydrogen-bond donors (Lipinski definition) is 0. The summed E-state index contributed by atoms with van der Waals surface area (Å²) in [5.41, 5.74) is 0.996. The molecule has 0 saturated heterocycles. The molecule has 0 radical (unpaired) electrons. The number of carbonyl (C=O) groups is 1. The minimum atomic E-state index is -3.77. The number of rotatable bonds is 8. The van der Waals surface area contributed by atoms with E-state index < -0.39 is 10.0 Å². The first-order valence-corrected chi connectivity index (χ1v) is 11.4. The van der Waals surface area contributed by atoms with E-state index in [1.54, 1.807) is 36.4 Å². The molecule has 0 unspecified atom stereocenters. The summed E-state index contributed by atoms with van der Waals surface area (Å²) in [4.78, 5) is 15.1. The first-order chi connectivity index (χ1) is 13.9. The standard InChI is InChI=1S/C22H26N2O4S/c1-23(20-5-3-4-6-21(20)28-2)29(26,27)19-13-9-17(10-14-19)22(25)24(18-11-12-18)15-16-7-8-16/h3-6,9-10,13-14,16,18H,7-8,11-12,15H2,1-2H3. The highest BCUT2D eigenvalue weighted by molar-refractivity contribution is 7.92. The van der Waals surface area contributed by atoms with Crippen molar-refractivity contribution in [2.24, 2.45) is 5.92 Å². The molecule has 1 amide bonds. The Morgan fingerprint density at radius 3 is 2.28 bits per heavy atom. The van der Waals surface area contributed by atoms with Gasteiger partial charge < -0.3 is 9.64 Å². The maximum Gasteiger partial charge on any atom is 0.264 e. The summed E-state index contributed by atoms with van der Waals surface area (Å²) in [5.74, 6) is 1.11. The fourth-order valence-corrected chi connectivity index (χ4v) is 4.68. The molecule has 6 nitrogen and oxygen atoms in total. The molecule has 2 aliphatic carbocycles. The summed E-state index contributed by atoms with van der Waals surface area (Å²) in [6, 6.07) is 13.6. The average molecular weight is 415 g/mol. The summed E-state index contributed by atoms with van der Waals surface area (Å²) in [6.07, 6.45) is 4.52. The molecule has 2 aromatic rings. The highest BCUT2D eigenvalue weighted by atomic mass is 32.2. The minimum absolute atomic E-state index is 0.00133. The molecule has 0 bridgehead atoms. The third-order valence-corrected chi connectivity index (χ3v) is 7.37. The van der Waals surface area contributed by atoms with Gasteiger partial charge in [-0.1, -0.05) is 12.1 Å². The normalized spacial score (nSPS) is 16.3. The van der Waals surface area contributed by atoms with Crippen LogP contribution in [0.15, 0.2) is 53.4 Å². The summed E-state index contributed by atoms with van der Waals surface area (Å²) in [6.45, 7) is 0.820. The molecule has 0 heterocycles. The number of methoxy groups -OCH3 is 1. The third-order valence-electron chi connectivity index (χ3n) is 5.58. The average Bonchev–Trinajstić information content (AvgIpc) is 3.65. The van der Waals surface area contributed by atoms with E-state index in [-0.39, 0.29) is 10.8 Å². The van der Waals surface area contributed by atoms with E-state index in [0.717, 1.165) is 19.4 Å². The fourth-order valence-electron chi connectivity index (χ4n) is 3.48. The van der Waals surface area contributed by atoms with Gasteiger partial charge in [-0.25, -0.2) is 8.42 Å². The monoisotopic (exact) mass is 414 g/mol. The van der Waals surface area contributed by atoms with Gasteiger partial charge in [-0.05, 0) is 68.0 Å². The van der Waals surface area contributed by atoms with Crippen molar-refractivity contribution in [2.75, 3.05) is 25.0 Å². The topological polar surface area (TPSA) is 66.9 Å². The zero-order chi connectivity index (χ0) is 20.6. The van der Waals surface area contributed by atoms with E-state index in [9.17, 15) is 13.2 Å². The van der Waals surface area contributed by atoms with Crippen molar-refractivity contribution in [1.29, 1.82) is 0 Å². The first-order valence-electron chi connectivity index (χ1n) is 9.95. The number of amides is 1. The molecular formula is C22H26N2O4S. The molecule has 4 rings (SSSR count). The van der Waals surface area contributed by atoms with Crippen LogP contribution in [0.5, 0.6) is 5.75 Å². The lowest BCUT2D eigenvalue weighted by atomic mass is 10.2. The van der Waals surface area contributed by atoms with Crippen molar-refractivity contribution in [3.63, 3.8) is 0 Å². The zero-order valence-corrected chi connectivity index (χ0v) is 17.6. The van der Waals surface area contributed by atoms with Crippen molar-refractivity contribution < 1.29 is 17.9 Å². The number of carbonyl (C=O) groups excluding carboxylic acids is 1. The van der Waals surface area contributed by atoms with E-state index in [0.29, 0.717) is 29.0 Å². The second kappa shape index (κ2) is 7.71. The van der Waals surface area contributed by atoms with Gasteiger partial charge in [-0.2, -0.15) is 0 Å². The van der Waals surface area contributed by atoms with Gasteiger partial charge in [-0.15, -0.1) is 0 Å². The van der Waals surface area contributed by atoms with Crippen LogP contribution in [0.3, 0.4) is 0 Å². The van der Waals surface area contributed by atoms with Crippen LogP contribution in [0.1, 0.15) is 36.0 Å². The molecule has 0 aromatic heterocycles. The Labute approximate surface area is 172 Å². The molecule has 2 aliphatic rings. The third kappa shape index (κ3) is 4.10. The van der Waals surface area contributed by atoms with Crippen LogP contribution in [0.25, 0.3) is 0 Å². The Hall–Kier alpha value is -2.54. The number of sulfonamides is 1. The number of para-hydroxylation sites is 2. The van der Waals surface area contributed by atoms with Gasteiger partial charge in [0.1, 0.15) is 5.75 Å². The van der Waals surface area contributed by atoms with E-state index in [1.807, 2.05) is 4.90 Å². The number of benzene rings is 2. The Balaban J connectivity index is 1.55. The predicted octanol–water partition coefficient (Wildman–Crippen LogP) is 3.53. The molecule has 2 fully saturated rings. The van der Waals surface area contributed by atoms with Gasteiger partial charge in [0.05, 0.1) is 17.7 Å². The van der Waals surface area contributed by atoms with Gasteiger partial charge in [-0.3, -0.25) is 9.10 Å². The molecular weight excluding hydrogens is 388 g/mol. The molecule has 154 valence electrons. The van der Waals surface area contributed by atoms with E-state index >= 15 is 0 Å². The lowest BCUT2D eigenvalue weighted by Crippen LogP contribution is -2.35. The Morgan fingerprint density at radius 2 is 1.69 bits per heavy atom. The molecule has 29 heavy (non-hydrogen) atoms. The van der Waals surface area contributed by atoms with Crippen LogP contribution < -0.4 is 9.04 Å². The van der Waals surface area contributed by atoms with Crippen molar-refractivity contribution in [3.05, 3.63) is 54.1 Å². The smallest absolute Gasteiger partial charge is 0.264 e. The first kappa shape index (κ1) is 19.8. The number of ether oxygens (including phenoxy) is 1. The van der Waals surface area contributed by atoms with Gasteiger partial charge in [0, 0.05) is 25.2 Å². The van der Waals surface area contributed by atoms with Crippen LogP contribution in [0, 0.1) is 5.92 Å². The van der Waals surface area contributed by atoms with Gasteiger partial charge in [0.2, 0.25) is 0 Å². The van der Waals surface area contributed by atoms with E-state index in [4.69, 9.17) is 4.74 Å². The quantitative estimate of drug-likeness (QED) is 0.663. The van der Waals surface area contributed by atoms with Gasteiger partial charge in [0.25, 0.3) is 15.9 Å². The molecule has 0 atom stereocenters. The van der Waals surface area contributed by atoms with Crippen LogP contribution in [0.2, 0.25) is 0 Å². The summed E-state index contributed by atoms with van der Waals surface area (Å²) in [7, 11) is -0.768. The molecule has 7 heteroatoms. The summed E-state index contributed by atoms with van der Waals surface area (Å²) < 4.78 is 32.6. The zero-order valence-electron chi connectivity index (χ0n) is 16.7. The minimum Gasteiger partial charge on any atom is -0.495 e. The number of anilines is 1. The van der Waals surface area contributed by atoms with Crippen LogP contribution in [-0.4, -0.2) is 46.0 Å². The van der Waals surface area contributed by atoms with Crippen LogP contribution in [-0.2, 0) is 10.0 Å². The molecule has 2 aromatic carbocycles. The Kier molecular flexibility index (Phi) is 5.25. The Morgan fingerprint density at radius 1 is 1.03 bits per heavy atom. The van der Waals surface area contributed by atoms with Crippen LogP contribution in [0.4, 0.5) is 5.69 Å².